The molecule has 1 nitrogen and oxygen atoms in total. The summed E-state index contributed by atoms with van der Waals surface area (Å²) in [6, 6.07) is 0. The predicted octanol–water partition coefficient (Wildman–Crippen LogP) is 7.25. The molecule has 1 aliphatic rings. The molecule has 0 bridgehead atoms. The molecule has 0 heterocycles. The fourth-order valence-corrected chi connectivity index (χ4v) is 3.69. The van der Waals surface area contributed by atoms with Gasteiger partial charge in [-0.05, 0) is 55.2 Å². The van der Waals surface area contributed by atoms with Crippen molar-refractivity contribution in [2.75, 3.05) is 0 Å². The third-order valence-corrected chi connectivity index (χ3v) is 6.31. The molecule has 0 atom stereocenters. The molecule has 0 aromatic heterocycles. The van der Waals surface area contributed by atoms with Gasteiger partial charge in [-0.3, -0.25) is 0 Å². The Bertz CT molecular complexity index is 387. The highest BCUT2D eigenvalue weighted by Gasteiger charge is 2.28. The fraction of sp³-hybridized carbons (Fsp3) is 0.800. The van der Waals surface area contributed by atoms with E-state index in [1.54, 1.807) is 0 Å². The summed E-state index contributed by atoms with van der Waals surface area (Å²) in [5, 5.41) is 0. The summed E-state index contributed by atoms with van der Waals surface area (Å²) in [5.74, 6) is 0.499. The number of rotatable bonds is 6. The van der Waals surface area contributed by atoms with Crippen molar-refractivity contribution < 1.29 is 4.65 Å². The molecule has 0 unspecified atom stereocenters. The second-order valence-electron chi connectivity index (χ2n) is 7.77. The van der Waals surface area contributed by atoms with E-state index < -0.39 is 0 Å². The molecule has 0 aliphatic heterocycles. The van der Waals surface area contributed by atoms with E-state index in [0.717, 1.165) is 4.80 Å². The lowest BCUT2D eigenvalue weighted by Gasteiger charge is -2.33. The number of hydrogen-bond donors (Lipinski definition) is 0. The molecule has 0 fully saturated rings. The maximum Gasteiger partial charge on any atom is 0.330 e. The van der Waals surface area contributed by atoms with E-state index in [4.69, 9.17) is 4.65 Å². The van der Waals surface area contributed by atoms with Gasteiger partial charge in [-0.15, -0.1) is 11.8 Å². The molecule has 0 N–H and O–H groups in total. The third kappa shape index (κ3) is 8.49. The molecule has 1 rings (SSSR count). The van der Waals surface area contributed by atoms with E-state index >= 15 is 0 Å². The Morgan fingerprint density at radius 2 is 1.70 bits per heavy atom. The molecule has 23 heavy (non-hydrogen) atoms. The van der Waals surface area contributed by atoms with Crippen LogP contribution in [0.15, 0.2) is 22.4 Å². The molecular formula is C20H37BOS. The van der Waals surface area contributed by atoms with Gasteiger partial charge in [-0.25, -0.2) is 0 Å². The Morgan fingerprint density at radius 3 is 2.30 bits per heavy atom. The second kappa shape index (κ2) is 10.7. The maximum atomic E-state index is 6.28. The van der Waals surface area contributed by atoms with Crippen LogP contribution in [0, 0.1) is 5.92 Å². The third-order valence-electron chi connectivity index (χ3n) is 5.09. The Balaban J connectivity index is 2.55. The highest BCUT2D eigenvalue weighted by Crippen LogP contribution is 2.33. The van der Waals surface area contributed by atoms with Gasteiger partial charge in [-0.1, -0.05) is 65.4 Å². The van der Waals surface area contributed by atoms with E-state index in [-0.39, 0.29) is 12.5 Å². The van der Waals surface area contributed by atoms with Gasteiger partial charge in [0.05, 0.1) is 0 Å². The maximum absolute atomic E-state index is 6.28. The Hall–Kier alpha value is -0.145. The summed E-state index contributed by atoms with van der Waals surface area (Å²) in [6.07, 6.45) is 14.5. The van der Waals surface area contributed by atoms with Crippen LogP contribution >= 0.6 is 11.8 Å². The summed E-state index contributed by atoms with van der Waals surface area (Å²) in [7, 11) is 0. The number of allylic oxidation sites excluding steroid dienone is 2. The second-order valence-corrected chi connectivity index (χ2v) is 9.02. The van der Waals surface area contributed by atoms with Crippen LogP contribution in [0.4, 0.5) is 0 Å². The largest absolute Gasteiger partial charge is 0.426 e. The molecule has 132 valence electrons. The zero-order valence-electron chi connectivity index (χ0n) is 16.1. The van der Waals surface area contributed by atoms with Crippen molar-refractivity contribution in [1.82, 2.24) is 0 Å². The summed E-state index contributed by atoms with van der Waals surface area (Å²) in [5.41, 5.74) is -0.106. The molecule has 0 saturated heterocycles. The molecular weight excluding hydrogens is 299 g/mol. The molecule has 0 saturated carbocycles. The lowest BCUT2D eigenvalue weighted by molar-refractivity contribution is 0.0603. The first-order valence-electron chi connectivity index (χ1n) is 9.56. The van der Waals surface area contributed by atoms with Crippen molar-refractivity contribution in [3.05, 3.63) is 22.4 Å². The van der Waals surface area contributed by atoms with Gasteiger partial charge in [0.1, 0.15) is 0 Å². The summed E-state index contributed by atoms with van der Waals surface area (Å²) in [4.78, 5) is 2.66. The lowest BCUT2D eigenvalue weighted by Crippen LogP contribution is -2.37. The summed E-state index contributed by atoms with van der Waals surface area (Å²) >= 11 is 1.87. The zero-order chi connectivity index (χ0) is 17.3. The number of thioether (sulfide) groups is 1. The minimum atomic E-state index is -0.106. The number of hydrogen-bond acceptors (Lipinski definition) is 2. The molecule has 3 heteroatoms. The molecule has 0 amide bonds. The minimum absolute atomic E-state index is 0.0940. The van der Waals surface area contributed by atoms with Crippen LogP contribution in [0.2, 0.25) is 6.82 Å². The first kappa shape index (κ1) is 20.9. The predicted molar refractivity (Wildman–Crippen MR) is 108 cm³/mol. The highest BCUT2D eigenvalue weighted by molar-refractivity contribution is 8.08. The average Bonchev–Trinajstić information content (AvgIpc) is 2.52. The van der Waals surface area contributed by atoms with Gasteiger partial charge < -0.3 is 4.65 Å². The van der Waals surface area contributed by atoms with Crippen molar-refractivity contribution in [3.8, 4) is 0 Å². The van der Waals surface area contributed by atoms with Crippen molar-refractivity contribution in [2.45, 2.75) is 97.9 Å². The molecule has 0 radical (unpaired) electrons. The minimum Gasteiger partial charge on any atom is -0.426 e. The van der Waals surface area contributed by atoms with Crippen LogP contribution < -0.4 is 0 Å². The first-order chi connectivity index (χ1) is 10.8. The monoisotopic (exact) mass is 336 g/mol. The normalized spacial score (nSPS) is 18.3. The van der Waals surface area contributed by atoms with Crippen LogP contribution in [-0.4, -0.2) is 12.5 Å². The lowest BCUT2D eigenvalue weighted by atomic mass is 9.69. The molecule has 1 aliphatic carbocycles. The van der Waals surface area contributed by atoms with E-state index in [1.165, 1.54) is 62.7 Å². The van der Waals surface area contributed by atoms with Crippen LogP contribution in [0.5, 0.6) is 0 Å². The van der Waals surface area contributed by atoms with E-state index in [0.29, 0.717) is 5.92 Å². The van der Waals surface area contributed by atoms with E-state index in [1.807, 2.05) is 11.8 Å². The Labute approximate surface area is 149 Å². The first-order valence-corrected chi connectivity index (χ1v) is 10.4. The standard InChI is InChI=1S/C20H37BOS/c1-17(2)20(4,5)22-21(6)18(3)23-19-15-13-11-9-7-8-10-12-14-16-19/h15,17H,3,7-14,16H2,1-2,4-6H3. The molecule has 0 aromatic carbocycles. The van der Waals surface area contributed by atoms with Crippen LogP contribution in [0.25, 0.3) is 0 Å². The molecule has 0 aromatic rings. The summed E-state index contributed by atoms with van der Waals surface area (Å²) < 4.78 is 6.28. The van der Waals surface area contributed by atoms with Gasteiger partial charge in [0.25, 0.3) is 0 Å². The Kier molecular flexibility index (Phi) is 9.69. The van der Waals surface area contributed by atoms with Crippen molar-refractivity contribution in [2.24, 2.45) is 5.92 Å². The van der Waals surface area contributed by atoms with Gasteiger partial charge in [0.15, 0.2) is 0 Å². The smallest absolute Gasteiger partial charge is 0.330 e. The quantitative estimate of drug-likeness (QED) is 0.472. The van der Waals surface area contributed by atoms with Crippen LogP contribution in [0.1, 0.15) is 85.5 Å². The topological polar surface area (TPSA) is 9.23 Å². The summed E-state index contributed by atoms with van der Waals surface area (Å²) in [6.45, 7) is 15.3. The highest BCUT2D eigenvalue weighted by atomic mass is 32.2. The van der Waals surface area contributed by atoms with Crippen LogP contribution in [0.3, 0.4) is 0 Å². The van der Waals surface area contributed by atoms with Crippen molar-refractivity contribution in [1.29, 1.82) is 0 Å². The Morgan fingerprint density at radius 1 is 1.13 bits per heavy atom. The van der Waals surface area contributed by atoms with Crippen molar-refractivity contribution >= 4 is 18.7 Å². The van der Waals surface area contributed by atoms with Gasteiger partial charge in [0, 0.05) is 5.60 Å². The SMILES string of the molecule is C=C(SC1=CCCCCCCCCC1)B(C)OC(C)(C)C(C)C. The fourth-order valence-electron chi connectivity index (χ4n) is 2.69. The van der Waals surface area contributed by atoms with Crippen LogP contribution in [-0.2, 0) is 4.65 Å². The van der Waals surface area contributed by atoms with Gasteiger partial charge >= 0.3 is 6.92 Å². The van der Waals surface area contributed by atoms with Gasteiger partial charge in [0.2, 0.25) is 0 Å². The zero-order valence-corrected chi connectivity index (χ0v) is 16.9. The van der Waals surface area contributed by atoms with E-state index in [9.17, 15) is 0 Å². The van der Waals surface area contributed by atoms with E-state index in [2.05, 4.69) is 47.2 Å². The molecule has 0 spiro atoms. The average molecular weight is 336 g/mol. The van der Waals surface area contributed by atoms with Crippen molar-refractivity contribution in [3.63, 3.8) is 0 Å². The van der Waals surface area contributed by atoms with Gasteiger partial charge in [-0.2, -0.15) is 0 Å².